The average Bonchev–Trinajstić information content (AvgIpc) is 2.82. The molecule has 0 aromatic carbocycles. The molecule has 1 atom stereocenters. The largest absolute Gasteiger partial charge is 0.382 e. The van der Waals surface area contributed by atoms with Crippen molar-refractivity contribution in [1.82, 2.24) is 10.6 Å². The van der Waals surface area contributed by atoms with Gasteiger partial charge in [-0.1, -0.05) is 0 Å². The third-order valence-electron chi connectivity index (χ3n) is 2.82. The molecule has 0 bridgehead atoms. The Morgan fingerprint density at radius 3 is 2.94 bits per heavy atom. The lowest BCUT2D eigenvalue weighted by atomic mass is 10.1. The third kappa shape index (κ3) is 7.52. The lowest BCUT2D eigenvalue weighted by Crippen LogP contribution is -2.37. The quantitative estimate of drug-likeness (QED) is 0.509. The molecule has 1 saturated heterocycles. The summed E-state index contributed by atoms with van der Waals surface area (Å²) >= 11 is 5.18. The van der Waals surface area contributed by atoms with Gasteiger partial charge in [0, 0.05) is 39.5 Å². The standard InChI is InChI=1S/C12H24N2O2S/c1-2-15-8-3-6-13-12(17)14-7-4-11-5-9-16-10-11/h11H,2-10H2,1H3,(H2,13,14,17). The Hall–Kier alpha value is -0.390. The van der Waals surface area contributed by atoms with Crippen molar-refractivity contribution in [2.45, 2.75) is 26.2 Å². The van der Waals surface area contributed by atoms with E-state index >= 15 is 0 Å². The summed E-state index contributed by atoms with van der Waals surface area (Å²) in [6, 6.07) is 0. The monoisotopic (exact) mass is 260 g/mol. The number of thiocarbonyl (C=S) groups is 1. The summed E-state index contributed by atoms with van der Waals surface area (Å²) in [5, 5.41) is 7.15. The Labute approximate surface area is 109 Å². The van der Waals surface area contributed by atoms with Crippen molar-refractivity contribution in [2.75, 3.05) is 39.5 Å². The van der Waals surface area contributed by atoms with Crippen LogP contribution in [-0.4, -0.2) is 44.6 Å². The minimum absolute atomic E-state index is 0.711. The molecule has 2 N–H and O–H groups in total. The van der Waals surface area contributed by atoms with Gasteiger partial charge in [0.2, 0.25) is 0 Å². The minimum atomic E-state index is 0.711. The van der Waals surface area contributed by atoms with Crippen molar-refractivity contribution in [3.05, 3.63) is 0 Å². The van der Waals surface area contributed by atoms with Gasteiger partial charge in [-0.15, -0.1) is 0 Å². The summed E-state index contributed by atoms with van der Waals surface area (Å²) in [6.45, 7) is 7.23. The zero-order valence-corrected chi connectivity index (χ0v) is 11.5. The molecule has 1 unspecified atom stereocenters. The summed E-state index contributed by atoms with van der Waals surface area (Å²) < 4.78 is 10.6. The van der Waals surface area contributed by atoms with Gasteiger partial charge in [-0.25, -0.2) is 0 Å². The SMILES string of the molecule is CCOCCCNC(=S)NCCC1CCOC1. The second-order valence-corrected chi connectivity index (χ2v) is 4.66. The first-order valence-electron chi connectivity index (χ1n) is 6.50. The Morgan fingerprint density at radius 2 is 2.24 bits per heavy atom. The van der Waals surface area contributed by atoms with Crippen LogP contribution in [0.4, 0.5) is 0 Å². The molecule has 1 aliphatic heterocycles. The van der Waals surface area contributed by atoms with E-state index in [4.69, 9.17) is 21.7 Å². The van der Waals surface area contributed by atoms with E-state index in [0.29, 0.717) is 5.92 Å². The summed E-state index contributed by atoms with van der Waals surface area (Å²) in [5.41, 5.74) is 0. The summed E-state index contributed by atoms with van der Waals surface area (Å²) in [4.78, 5) is 0. The van der Waals surface area contributed by atoms with Crippen molar-refractivity contribution in [3.63, 3.8) is 0 Å². The third-order valence-corrected chi connectivity index (χ3v) is 3.11. The molecule has 1 heterocycles. The maximum atomic E-state index is 5.33. The van der Waals surface area contributed by atoms with Crippen LogP contribution in [0.25, 0.3) is 0 Å². The van der Waals surface area contributed by atoms with Gasteiger partial charge in [-0.3, -0.25) is 0 Å². The number of nitrogens with one attached hydrogen (secondary N) is 2. The van der Waals surface area contributed by atoms with Gasteiger partial charge < -0.3 is 20.1 Å². The molecule has 0 aliphatic carbocycles. The van der Waals surface area contributed by atoms with Gasteiger partial charge in [0.05, 0.1) is 0 Å². The molecule has 0 saturated carbocycles. The van der Waals surface area contributed by atoms with Gasteiger partial charge >= 0.3 is 0 Å². The van der Waals surface area contributed by atoms with Crippen molar-refractivity contribution >= 4 is 17.3 Å². The van der Waals surface area contributed by atoms with Crippen LogP contribution in [0.2, 0.25) is 0 Å². The molecule has 0 aromatic heterocycles. The molecule has 1 rings (SSSR count). The fourth-order valence-electron chi connectivity index (χ4n) is 1.78. The van der Waals surface area contributed by atoms with E-state index in [0.717, 1.165) is 57.5 Å². The molecule has 5 heteroatoms. The summed E-state index contributed by atoms with van der Waals surface area (Å²) in [5.74, 6) is 0.711. The molecule has 0 aromatic rings. The highest BCUT2D eigenvalue weighted by molar-refractivity contribution is 7.80. The molecular formula is C12H24N2O2S. The second-order valence-electron chi connectivity index (χ2n) is 4.25. The number of rotatable bonds is 8. The molecule has 100 valence electrons. The van der Waals surface area contributed by atoms with E-state index < -0.39 is 0 Å². The molecule has 1 fully saturated rings. The lowest BCUT2D eigenvalue weighted by Gasteiger charge is -2.12. The maximum Gasteiger partial charge on any atom is 0.166 e. The van der Waals surface area contributed by atoms with Crippen molar-refractivity contribution in [3.8, 4) is 0 Å². The van der Waals surface area contributed by atoms with Gasteiger partial charge in [0.25, 0.3) is 0 Å². The number of hydrogen-bond donors (Lipinski definition) is 2. The molecule has 0 spiro atoms. The summed E-state index contributed by atoms with van der Waals surface area (Å²) in [6.07, 6.45) is 3.32. The predicted molar refractivity (Wildman–Crippen MR) is 73.3 cm³/mol. The molecule has 4 nitrogen and oxygen atoms in total. The van der Waals surface area contributed by atoms with Crippen LogP contribution < -0.4 is 10.6 Å². The minimum Gasteiger partial charge on any atom is -0.382 e. The normalized spacial score (nSPS) is 19.2. The van der Waals surface area contributed by atoms with Gasteiger partial charge in [-0.2, -0.15) is 0 Å². The Kier molecular flexibility index (Phi) is 8.30. The zero-order chi connectivity index (χ0) is 12.3. The van der Waals surface area contributed by atoms with E-state index in [2.05, 4.69) is 10.6 Å². The maximum absolute atomic E-state index is 5.33. The zero-order valence-electron chi connectivity index (χ0n) is 10.7. The highest BCUT2D eigenvalue weighted by atomic mass is 32.1. The van der Waals surface area contributed by atoms with Crippen LogP contribution in [0.15, 0.2) is 0 Å². The van der Waals surface area contributed by atoms with Crippen LogP contribution in [0.3, 0.4) is 0 Å². The highest BCUT2D eigenvalue weighted by Gasteiger charge is 2.14. The molecule has 17 heavy (non-hydrogen) atoms. The van der Waals surface area contributed by atoms with Crippen LogP contribution in [0.1, 0.15) is 26.2 Å². The number of hydrogen-bond acceptors (Lipinski definition) is 3. The summed E-state index contributed by atoms with van der Waals surface area (Å²) in [7, 11) is 0. The van der Waals surface area contributed by atoms with E-state index in [-0.39, 0.29) is 0 Å². The Balaban J connectivity index is 1.86. The van der Waals surface area contributed by atoms with E-state index in [1.807, 2.05) is 6.92 Å². The predicted octanol–water partition coefficient (Wildman–Crippen LogP) is 1.30. The average molecular weight is 260 g/mol. The lowest BCUT2D eigenvalue weighted by molar-refractivity contribution is 0.145. The van der Waals surface area contributed by atoms with Crippen LogP contribution in [-0.2, 0) is 9.47 Å². The molecular weight excluding hydrogens is 236 g/mol. The van der Waals surface area contributed by atoms with E-state index in [1.165, 1.54) is 6.42 Å². The smallest absolute Gasteiger partial charge is 0.166 e. The van der Waals surface area contributed by atoms with Crippen LogP contribution >= 0.6 is 12.2 Å². The van der Waals surface area contributed by atoms with E-state index in [9.17, 15) is 0 Å². The molecule has 1 aliphatic rings. The van der Waals surface area contributed by atoms with Gasteiger partial charge in [0.15, 0.2) is 5.11 Å². The first-order chi connectivity index (χ1) is 8.33. The topological polar surface area (TPSA) is 42.5 Å². The van der Waals surface area contributed by atoms with Crippen molar-refractivity contribution in [1.29, 1.82) is 0 Å². The van der Waals surface area contributed by atoms with Crippen molar-refractivity contribution in [2.24, 2.45) is 5.92 Å². The van der Waals surface area contributed by atoms with Gasteiger partial charge in [-0.05, 0) is 44.3 Å². The molecule has 0 radical (unpaired) electrons. The van der Waals surface area contributed by atoms with Gasteiger partial charge in [0.1, 0.15) is 0 Å². The highest BCUT2D eigenvalue weighted by Crippen LogP contribution is 2.14. The van der Waals surface area contributed by atoms with E-state index in [1.54, 1.807) is 0 Å². The fraction of sp³-hybridized carbons (Fsp3) is 0.917. The Morgan fingerprint density at radius 1 is 1.41 bits per heavy atom. The van der Waals surface area contributed by atoms with Crippen LogP contribution in [0.5, 0.6) is 0 Å². The number of ether oxygens (including phenoxy) is 2. The first-order valence-corrected chi connectivity index (χ1v) is 6.91. The molecule has 0 amide bonds. The van der Waals surface area contributed by atoms with Crippen molar-refractivity contribution < 1.29 is 9.47 Å². The first kappa shape index (κ1) is 14.7. The fourth-order valence-corrected chi connectivity index (χ4v) is 1.99. The van der Waals surface area contributed by atoms with Crippen LogP contribution in [0, 0.1) is 5.92 Å². The second kappa shape index (κ2) is 9.62. The Bertz CT molecular complexity index is 209.